The zero-order valence-electron chi connectivity index (χ0n) is 13.6. The maximum absolute atomic E-state index is 12.6. The molecule has 1 saturated heterocycles. The second-order valence-corrected chi connectivity index (χ2v) is 7.64. The van der Waals surface area contributed by atoms with Crippen molar-refractivity contribution in [3.05, 3.63) is 59.7 Å². The van der Waals surface area contributed by atoms with Gasteiger partial charge in [-0.1, -0.05) is 24.3 Å². The largest absolute Gasteiger partial charge is 0.489 e. The Morgan fingerprint density at radius 3 is 2.38 bits per heavy atom. The van der Waals surface area contributed by atoms with Gasteiger partial charge in [-0.15, -0.1) is 0 Å². The van der Waals surface area contributed by atoms with E-state index in [1.165, 1.54) is 9.87 Å². The van der Waals surface area contributed by atoms with Gasteiger partial charge in [0, 0.05) is 13.1 Å². The van der Waals surface area contributed by atoms with Gasteiger partial charge in [-0.3, -0.25) is 0 Å². The van der Waals surface area contributed by atoms with Gasteiger partial charge in [0.2, 0.25) is 10.0 Å². The maximum Gasteiger partial charge on any atom is 0.243 e. The van der Waals surface area contributed by atoms with Crippen molar-refractivity contribution in [3.8, 4) is 5.75 Å². The smallest absolute Gasteiger partial charge is 0.243 e. The van der Waals surface area contributed by atoms with Crippen LogP contribution >= 0.6 is 0 Å². The molecule has 0 N–H and O–H groups in total. The first-order chi connectivity index (χ1) is 11.6. The molecule has 1 aliphatic heterocycles. The minimum Gasteiger partial charge on any atom is -0.489 e. The van der Waals surface area contributed by atoms with E-state index in [9.17, 15) is 8.42 Å². The van der Waals surface area contributed by atoms with Gasteiger partial charge < -0.3 is 9.47 Å². The average Bonchev–Trinajstić information content (AvgIpc) is 2.62. The van der Waals surface area contributed by atoms with Crippen molar-refractivity contribution in [2.24, 2.45) is 0 Å². The molecule has 0 aromatic heterocycles. The lowest BCUT2D eigenvalue weighted by atomic mass is 10.1. The summed E-state index contributed by atoms with van der Waals surface area (Å²) in [7, 11) is -3.45. The van der Waals surface area contributed by atoms with Crippen molar-refractivity contribution >= 4 is 10.0 Å². The standard InChI is InChI=1S/C18H21NO4S/c1-15-4-2-3-5-16(15)14-23-17-6-8-18(9-7-17)24(20,21)19-10-12-22-13-11-19/h2-9H,10-14H2,1H3. The van der Waals surface area contributed by atoms with Crippen LogP contribution in [-0.4, -0.2) is 39.0 Å². The zero-order valence-corrected chi connectivity index (χ0v) is 14.5. The molecule has 2 aromatic rings. The Morgan fingerprint density at radius 1 is 1.04 bits per heavy atom. The Labute approximate surface area is 142 Å². The lowest BCUT2D eigenvalue weighted by Gasteiger charge is -2.26. The van der Waals surface area contributed by atoms with Crippen molar-refractivity contribution < 1.29 is 17.9 Å². The summed E-state index contributed by atoms with van der Waals surface area (Å²) in [6.45, 7) is 4.17. The summed E-state index contributed by atoms with van der Waals surface area (Å²) >= 11 is 0. The number of hydrogen-bond donors (Lipinski definition) is 0. The third-order valence-corrected chi connectivity index (χ3v) is 6.00. The lowest BCUT2D eigenvalue weighted by molar-refractivity contribution is 0.0730. The second kappa shape index (κ2) is 7.34. The predicted molar refractivity (Wildman–Crippen MR) is 91.5 cm³/mol. The maximum atomic E-state index is 12.6. The number of nitrogens with zero attached hydrogens (tertiary/aromatic N) is 1. The Morgan fingerprint density at radius 2 is 1.71 bits per heavy atom. The van der Waals surface area contributed by atoms with Gasteiger partial charge in [-0.25, -0.2) is 8.42 Å². The van der Waals surface area contributed by atoms with E-state index in [4.69, 9.17) is 9.47 Å². The van der Waals surface area contributed by atoms with Crippen LogP contribution in [0.2, 0.25) is 0 Å². The molecule has 0 unspecified atom stereocenters. The summed E-state index contributed by atoms with van der Waals surface area (Å²) in [4.78, 5) is 0.285. The molecule has 1 aliphatic rings. The Balaban J connectivity index is 1.68. The van der Waals surface area contributed by atoms with E-state index < -0.39 is 10.0 Å². The van der Waals surface area contributed by atoms with E-state index >= 15 is 0 Å². The van der Waals surface area contributed by atoms with Gasteiger partial charge >= 0.3 is 0 Å². The van der Waals surface area contributed by atoms with Gasteiger partial charge in [0.1, 0.15) is 12.4 Å². The van der Waals surface area contributed by atoms with E-state index in [0.29, 0.717) is 38.7 Å². The third-order valence-electron chi connectivity index (χ3n) is 4.09. The van der Waals surface area contributed by atoms with E-state index in [-0.39, 0.29) is 4.90 Å². The molecule has 6 heteroatoms. The van der Waals surface area contributed by atoms with E-state index in [1.807, 2.05) is 31.2 Å². The Kier molecular flexibility index (Phi) is 5.18. The van der Waals surface area contributed by atoms with E-state index in [2.05, 4.69) is 0 Å². The normalized spacial score (nSPS) is 16.0. The van der Waals surface area contributed by atoms with Crippen LogP contribution in [0, 0.1) is 6.92 Å². The van der Waals surface area contributed by atoms with E-state index in [0.717, 1.165) is 5.56 Å². The predicted octanol–water partition coefficient (Wildman–Crippen LogP) is 2.59. The molecule has 2 aromatic carbocycles. The highest BCUT2D eigenvalue weighted by Crippen LogP contribution is 2.21. The van der Waals surface area contributed by atoms with Crippen LogP contribution < -0.4 is 4.74 Å². The fourth-order valence-corrected chi connectivity index (χ4v) is 3.98. The molecule has 1 fully saturated rings. The number of ether oxygens (including phenoxy) is 2. The van der Waals surface area contributed by atoms with Crippen molar-refractivity contribution in [3.63, 3.8) is 0 Å². The van der Waals surface area contributed by atoms with Crippen LogP contribution in [-0.2, 0) is 21.4 Å². The fraction of sp³-hybridized carbons (Fsp3) is 0.333. The first-order valence-electron chi connectivity index (χ1n) is 7.92. The summed E-state index contributed by atoms with van der Waals surface area (Å²) < 4.78 is 37.5. The minimum absolute atomic E-state index is 0.285. The monoisotopic (exact) mass is 347 g/mol. The molecule has 24 heavy (non-hydrogen) atoms. The fourth-order valence-electron chi connectivity index (χ4n) is 2.58. The van der Waals surface area contributed by atoms with Gasteiger partial charge in [-0.2, -0.15) is 4.31 Å². The van der Waals surface area contributed by atoms with Crippen LogP contribution in [0.25, 0.3) is 0 Å². The summed E-state index contributed by atoms with van der Waals surface area (Å²) in [5.74, 6) is 0.652. The highest BCUT2D eigenvalue weighted by atomic mass is 32.2. The highest BCUT2D eigenvalue weighted by Gasteiger charge is 2.26. The molecule has 0 atom stereocenters. The molecule has 5 nitrogen and oxygen atoms in total. The van der Waals surface area contributed by atoms with Gasteiger partial charge in [0.05, 0.1) is 18.1 Å². The summed E-state index contributed by atoms with van der Waals surface area (Å²) in [6.07, 6.45) is 0. The minimum atomic E-state index is -3.45. The average molecular weight is 347 g/mol. The highest BCUT2D eigenvalue weighted by molar-refractivity contribution is 7.89. The molecule has 0 aliphatic carbocycles. The summed E-state index contributed by atoms with van der Waals surface area (Å²) in [5.41, 5.74) is 2.28. The van der Waals surface area contributed by atoms with Crippen molar-refractivity contribution in [1.82, 2.24) is 4.31 Å². The first-order valence-corrected chi connectivity index (χ1v) is 9.36. The number of aryl methyl sites for hydroxylation is 1. The molecule has 0 radical (unpaired) electrons. The Bertz CT molecular complexity index is 781. The van der Waals surface area contributed by atoms with E-state index in [1.54, 1.807) is 24.3 Å². The third kappa shape index (κ3) is 3.77. The molecule has 128 valence electrons. The molecule has 0 amide bonds. The Hall–Kier alpha value is -1.89. The molecule has 0 spiro atoms. The topological polar surface area (TPSA) is 55.8 Å². The van der Waals surface area contributed by atoms with Crippen molar-refractivity contribution in [2.45, 2.75) is 18.4 Å². The molecule has 0 saturated carbocycles. The molecule has 3 rings (SSSR count). The number of sulfonamides is 1. The summed E-state index contributed by atoms with van der Waals surface area (Å²) in [5, 5.41) is 0. The number of benzene rings is 2. The van der Waals surface area contributed by atoms with Crippen LogP contribution in [0.15, 0.2) is 53.4 Å². The number of hydrogen-bond acceptors (Lipinski definition) is 4. The van der Waals surface area contributed by atoms with Crippen LogP contribution in [0.1, 0.15) is 11.1 Å². The molecule has 1 heterocycles. The number of morpholine rings is 1. The lowest BCUT2D eigenvalue weighted by Crippen LogP contribution is -2.40. The molecule has 0 bridgehead atoms. The second-order valence-electron chi connectivity index (χ2n) is 5.70. The SMILES string of the molecule is Cc1ccccc1COc1ccc(S(=O)(=O)N2CCOCC2)cc1. The quantitative estimate of drug-likeness (QED) is 0.834. The molecular weight excluding hydrogens is 326 g/mol. The number of rotatable bonds is 5. The van der Waals surface area contributed by atoms with Crippen LogP contribution in [0.5, 0.6) is 5.75 Å². The summed E-state index contributed by atoms with van der Waals surface area (Å²) in [6, 6.07) is 14.6. The van der Waals surface area contributed by atoms with Gasteiger partial charge in [-0.05, 0) is 42.3 Å². The van der Waals surface area contributed by atoms with Crippen LogP contribution in [0.4, 0.5) is 0 Å². The van der Waals surface area contributed by atoms with Gasteiger partial charge in [0.15, 0.2) is 0 Å². The van der Waals surface area contributed by atoms with Crippen molar-refractivity contribution in [1.29, 1.82) is 0 Å². The molecular formula is C18H21NO4S. The van der Waals surface area contributed by atoms with Crippen molar-refractivity contribution in [2.75, 3.05) is 26.3 Å². The van der Waals surface area contributed by atoms with Crippen LogP contribution in [0.3, 0.4) is 0 Å². The zero-order chi connectivity index (χ0) is 17.0. The first kappa shape index (κ1) is 17.0. The van der Waals surface area contributed by atoms with Gasteiger partial charge in [0.25, 0.3) is 0 Å².